The average molecular weight is 451 g/mol. The summed E-state index contributed by atoms with van der Waals surface area (Å²) in [7, 11) is 0. The SMILES string of the molecule is OC1[C@H](O)OC(COCc2ccccc2)[C@@H](OCc2ccccc2)[C@H]1OCc1ccccc1. The minimum absolute atomic E-state index is 0.184. The molecule has 2 unspecified atom stereocenters. The maximum absolute atomic E-state index is 10.7. The van der Waals surface area contributed by atoms with Crippen molar-refractivity contribution in [1.29, 1.82) is 0 Å². The van der Waals surface area contributed by atoms with E-state index in [0.717, 1.165) is 16.7 Å². The van der Waals surface area contributed by atoms with Gasteiger partial charge in [0.2, 0.25) is 0 Å². The molecule has 33 heavy (non-hydrogen) atoms. The standard InChI is InChI=1S/C27H30O6/c28-24-26(32-18-22-14-8-3-9-15-22)25(31-17-21-12-6-2-7-13-21)23(33-27(24)29)19-30-16-20-10-4-1-5-11-20/h1-15,23-29H,16-19H2/t23?,24?,25-,26+,27-/m1/s1. The van der Waals surface area contributed by atoms with Crippen LogP contribution in [-0.4, -0.2) is 47.5 Å². The fraction of sp³-hybridized carbons (Fsp3) is 0.333. The van der Waals surface area contributed by atoms with Crippen molar-refractivity contribution in [3.63, 3.8) is 0 Å². The van der Waals surface area contributed by atoms with Gasteiger partial charge in [-0.3, -0.25) is 0 Å². The number of ether oxygens (including phenoxy) is 4. The summed E-state index contributed by atoms with van der Waals surface area (Å²) in [5, 5.41) is 21.1. The Morgan fingerprint density at radius 3 is 1.58 bits per heavy atom. The summed E-state index contributed by atoms with van der Waals surface area (Å²) >= 11 is 0. The van der Waals surface area contributed by atoms with E-state index in [1.54, 1.807) is 0 Å². The van der Waals surface area contributed by atoms with Gasteiger partial charge >= 0.3 is 0 Å². The zero-order valence-corrected chi connectivity index (χ0v) is 18.4. The molecular formula is C27H30O6. The van der Waals surface area contributed by atoms with E-state index in [0.29, 0.717) is 13.2 Å². The molecule has 1 saturated heterocycles. The van der Waals surface area contributed by atoms with Gasteiger partial charge in [0.05, 0.1) is 26.4 Å². The second-order valence-electron chi connectivity index (χ2n) is 8.08. The normalized spacial score (nSPS) is 25.1. The zero-order valence-electron chi connectivity index (χ0n) is 18.4. The topological polar surface area (TPSA) is 77.4 Å². The lowest BCUT2D eigenvalue weighted by molar-refractivity contribution is -0.307. The van der Waals surface area contributed by atoms with Crippen molar-refractivity contribution in [3.8, 4) is 0 Å². The minimum atomic E-state index is -1.40. The second kappa shape index (κ2) is 12.0. The first-order valence-corrected chi connectivity index (χ1v) is 11.1. The Hall–Kier alpha value is -2.58. The maximum atomic E-state index is 10.7. The third kappa shape index (κ3) is 6.71. The molecule has 0 bridgehead atoms. The van der Waals surface area contributed by atoms with E-state index in [2.05, 4.69) is 0 Å². The van der Waals surface area contributed by atoms with Crippen molar-refractivity contribution in [1.82, 2.24) is 0 Å². The zero-order chi connectivity index (χ0) is 22.9. The molecule has 174 valence electrons. The van der Waals surface area contributed by atoms with Crippen LogP contribution in [0.25, 0.3) is 0 Å². The highest BCUT2D eigenvalue weighted by atomic mass is 16.7. The third-order valence-electron chi connectivity index (χ3n) is 5.60. The van der Waals surface area contributed by atoms with E-state index in [9.17, 15) is 10.2 Å². The Bertz CT molecular complexity index is 937. The van der Waals surface area contributed by atoms with Crippen LogP contribution in [0.2, 0.25) is 0 Å². The van der Waals surface area contributed by atoms with Crippen molar-refractivity contribution in [2.75, 3.05) is 6.61 Å². The summed E-state index contributed by atoms with van der Waals surface area (Å²) in [5.41, 5.74) is 2.99. The maximum Gasteiger partial charge on any atom is 0.184 e. The van der Waals surface area contributed by atoms with E-state index in [1.807, 2.05) is 91.0 Å². The Labute approximate surface area is 194 Å². The Morgan fingerprint density at radius 1 is 0.606 bits per heavy atom. The van der Waals surface area contributed by atoms with E-state index in [-0.39, 0.29) is 13.2 Å². The molecule has 0 aliphatic carbocycles. The van der Waals surface area contributed by atoms with Crippen LogP contribution in [0.3, 0.4) is 0 Å². The molecule has 0 spiro atoms. The molecule has 0 amide bonds. The molecule has 0 radical (unpaired) electrons. The van der Waals surface area contributed by atoms with E-state index in [4.69, 9.17) is 18.9 Å². The van der Waals surface area contributed by atoms with E-state index in [1.165, 1.54) is 0 Å². The van der Waals surface area contributed by atoms with Gasteiger partial charge < -0.3 is 29.2 Å². The predicted molar refractivity (Wildman–Crippen MR) is 123 cm³/mol. The fourth-order valence-electron chi connectivity index (χ4n) is 3.84. The molecule has 2 N–H and O–H groups in total. The Balaban J connectivity index is 1.46. The Kier molecular flexibility index (Phi) is 8.60. The summed E-state index contributed by atoms with van der Waals surface area (Å²) in [5.74, 6) is 0. The monoisotopic (exact) mass is 450 g/mol. The summed E-state index contributed by atoms with van der Waals surface area (Å²) in [4.78, 5) is 0. The van der Waals surface area contributed by atoms with Gasteiger partial charge in [-0.25, -0.2) is 0 Å². The van der Waals surface area contributed by atoms with Gasteiger partial charge in [0, 0.05) is 0 Å². The third-order valence-corrected chi connectivity index (χ3v) is 5.60. The molecule has 1 aliphatic heterocycles. The molecule has 0 aromatic heterocycles. The lowest BCUT2D eigenvalue weighted by atomic mass is 9.98. The molecule has 0 saturated carbocycles. The van der Waals surface area contributed by atoms with Crippen molar-refractivity contribution in [2.24, 2.45) is 0 Å². The van der Waals surface area contributed by atoms with Crippen LogP contribution in [-0.2, 0) is 38.8 Å². The summed E-state index contributed by atoms with van der Waals surface area (Å²) in [6.45, 7) is 1.18. The Morgan fingerprint density at radius 2 is 1.06 bits per heavy atom. The van der Waals surface area contributed by atoms with Gasteiger partial charge in [0.25, 0.3) is 0 Å². The van der Waals surface area contributed by atoms with Crippen molar-refractivity contribution < 1.29 is 29.2 Å². The van der Waals surface area contributed by atoms with Crippen molar-refractivity contribution >= 4 is 0 Å². The number of hydrogen-bond acceptors (Lipinski definition) is 6. The predicted octanol–water partition coefficient (Wildman–Crippen LogP) is 3.45. The van der Waals surface area contributed by atoms with Gasteiger partial charge in [-0.15, -0.1) is 0 Å². The molecule has 5 atom stereocenters. The van der Waals surface area contributed by atoms with Crippen LogP contribution in [0.1, 0.15) is 16.7 Å². The first-order valence-electron chi connectivity index (χ1n) is 11.1. The van der Waals surface area contributed by atoms with Gasteiger partial charge in [-0.05, 0) is 16.7 Å². The largest absolute Gasteiger partial charge is 0.385 e. The van der Waals surface area contributed by atoms with Crippen LogP contribution in [0.5, 0.6) is 0 Å². The van der Waals surface area contributed by atoms with Gasteiger partial charge in [0.15, 0.2) is 6.29 Å². The number of benzene rings is 3. The first-order chi connectivity index (χ1) is 16.2. The van der Waals surface area contributed by atoms with Crippen LogP contribution in [0.4, 0.5) is 0 Å². The highest BCUT2D eigenvalue weighted by Gasteiger charge is 2.46. The van der Waals surface area contributed by atoms with Gasteiger partial charge in [0.1, 0.15) is 24.4 Å². The molecule has 3 aromatic carbocycles. The highest BCUT2D eigenvalue weighted by molar-refractivity contribution is 5.15. The van der Waals surface area contributed by atoms with Crippen LogP contribution >= 0.6 is 0 Å². The molecule has 4 rings (SSSR count). The lowest BCUT2D eigenvalue weighted by Gasteiger charge is -2.42. The van der Waals surface area contributed by atoms with E-state index >= 15 is 0 Å². The highest BCUT2D eigenvalue weighted by Crippen LogP contribution is 2.27. The van der Waals surface area contributed by atoms with Gasteiger partial charge in [-0.2, -0.15) is 0 Å². The smallest absolute Gasteiger partial charge is 0.184 e. The first kappa shape index (κ1) is 23.6. The molecule has 6 nitrogen and oxygen atoms in total. The molecule has 1 aliphatic rings. The molecule has 1 fully saturated rings. The number of aliphatic hydroxyl groups excluding tert-OH is 2. The van der Waals surface area contributed by atoms with Crippen molar-refractivity contribution in [2.45, 2.75) is 50.5 Å². The molecule has 3 aromatic rings. The summed E-state index contributed by atoms with van der Waals surface area (Å²) < 4.78 is 23.9. The molecular weight excluding hydrogens is 420 g/mol. The molecule has 6 heteroatoms. The fourth-order valence-corrected chi connectivity index (χ4v) is 3.84. The summed E-state index contributed by atoms with van der Waals surface area (Å²) in [6, 6.07) is 29.3. The van der Waals surface area contributed by atoms with Crippen LogP contribution in [0, 0.1) is 0 Å². The van der Waals surface area contributed by atoms with Crippen LogP contribution < -0.4 is 0 Å². The number of rotatable bonds is 10. The lowest BCUT2D eigenvalue weighted by Crippen LogP contribution is -2.60. The quantitative estimate of drug-likeness (QED) is 0.493. The minimum Gasteiger partial charge on any atom is -0.385 e. The second-order valence-corrected chi connectivity index (χ2v) is 8.08. The number of aliphatic hydroxyl groups is 2. The van der Waals surface area contributed by atoms with Gasteiger partial charge in [-0.1, -0.05) is 91.0 Å². The van der Waals surface area contributed by atoms with E-state index < -0.39 is 30.7 Å². The average Bonchev–Trinajstić information content (AvgIpc) is 2.86. The summed E-state index contributed by atoms with van der Waals surface area (Å²) in [6.07, 6.45) is -4.68. The van der Waals surface area contributed by atoms with Crippen LogP contribution in [0.15, 0.2) is 91.0 Å². The molecule has 1 heterocycles. The number of hydrogen-bond donors (Lipinski definition) is 2. The van der Waals surface area contributed by atoms with Crippen molar-refractivity contribution in [3.05, 3.63) is 108 Å².